The molecule has 0 aromatic carbocycles. The van der Waals surface area contributed by atoms with Crippen LogP contribution >= 0.6 is 0 Å². The molecule has 0 radical (unpaired) electrons. The topological polar surface area (TPSA) is 6.48 Å². The van der Waals surface area contributed by atoms with E-state index in [4.69, 9.17) is 0 Å². The van der Waals surface area contributed by atoms with Crippen LogP contribution in [0.1, 0.15) is 0 Å². The lowest BCUT2D eigenvalue weighted by Crippen LogP contribution is -2.47. The quantitative estimate of drug-likeness (QED) is 0.399. The van der Waals surface area contributed by atoms with E-state index in [1.165, 1.54) is 0 Å². The van der Waals surface area contributed by atoms with Crippen molar-refractivity contribution in [1.82, 2.24) is 9.80 Å². The fraction of sp³-hybridized carbons (Fsp3) is 0.333. The third-order valence-corrected chi connectivity index (χ3v) is 2.41. The molecule has 2 heteroatoms. The van der Waals surface area contributed by atoms with Gasteiger partial charge in [-0.05, 0) is 0 Å². The highest BCUT2D eigenvalue weighted by molar-refractivity contribution is 4.96. The van der Waals surface area contributed by atoms with Gasteiger partial charge < -0.3 is 0 Å². The number of rotatable bonds is 11. The predicted molar refractivity (Wildman–Crippen MR) is 77.9 cm³/mol. The molecule has 0 unspecified atom stereocenters. The van der Waals surface area contributed by atoms with E-state index in [0.29, 0.717) is 0 Å². The minimum absolute atomic E-state index is 0.141. The normalized spacial score (nSPS) is 10.5. The Bertz CT molecular complexity index is 224. The van der Waals surface area contributed by atoms with Crippen LogP contribution in [-0.4, -0.2) is 42.1 Å². The molecule has 17 heavy (non-hydrogen) atoms. The molecular weight excluding hydrogens is 208 g/mol. The summed E-state index contributed by atoms with van der Waals surface area (Å²) in [6.07, 6.45) is 9.63. The van der Waals surface area contributed by atoms with E-state index in [-0.39, 0.29) is 6.17 Å². The van der Waals surface area contributed by atoms with Gasteiger partial charge in [-0.1, -0.05) is 30.4 Å². The third-order valence-electron chi connectivity index (χ3n) is 2.41. The molecule has 0 aliphatic heterocycles. The largest absolute Gasteiger partial charge is 0.277 e. The molecule has 0 N–H and O–H groups in total. The summed E-state index contributed by atoms with van der Waals surface area (Å²) in [5.41, 5.74) is 0. The van der Waals surface area contributed by atoms with Gasteiger partial charge in [0.15, 0.2) is 0 Å². The molecule has 94 valence electrons. The summed E-state index contributed by atoms with van der Waals surface area (Å²) in [7, 11) is 0. The maximum absolute atomic E-state index is 3.91. The van der Waals surface area contributed by atoms with Crippen molar-refractivity contribution < 1.29 is 0 Å². The average molecular weight is 232 g/mol. The second-order valence-electron chi connectivity index (χ2n) is 3.71. The van der Waals surface area contributed by atoms with Crippen LogP contribution in [0.15, 0.2) is 63.3 Å². The van der Waals surface area contributed by atoms with E-state index in [0.717, 1.165) is 26.2 Å². The molecule has 0 rings (SSSR count). The fourth-order valence-electron chi connectivity index (χ4n) is 1.77. The smallest absolute Gasteiger partial charge is 0.0823 e. The molecule has 2 nitrogen and oxygen atoms in total. The van der Waals surface area contributed by atoms with Gasteiger partial charge in [0.2, 0.25) is 0 Å². The minimum atomic E-state index is 0.141. The highest BCUT2D eigenvalue weighted by Gasteiger charge is 2.18. The second-order valence-corrected chi connectivity index (χ2v) is 3.71. The highest BCUT2D eigenvalue weighted by atomic mass is 15.3. The van der Waals surface area contributed by atoms with E-state index in [9.17, 15) is 0 Å². The lowest BCUT2D eigenvalue weighted by atomic mass is 10.3. The van der Waals surface area contributed by atoms with Gasteiger partial charge in [0.1, 0.15) is 0 Å². The van der Waals surface area contributed by atoms with Crippen molar-refractivity contribution in [2.75, 3.05) is 26.2 Å². The summed E-state index contributed by atoms with van der Waals surface area (Å²) in [4.78, 5) is 4.47. The molecule has 0 aliphatic carbocycles. The van der Waals surface area contributed by atoms with Crippen molar-refractivity contribution >= 4 is 0 Å². The Morgan fingerprint density at radius 1 is 0.647 bits per heavy atom. The Kier molecular flexibility index (Phi) is 9.02. The van der Waals surface area contributed by atoms with E-state index in [2.05, 4.69) is 42.7 Å². The fourth-order valence-corrected chi connectivity index (χ4v) is 1.77. The zero-order valence-corrected chi connectivity index (χ0v) is 10.7. The molecule has 0 heterocycles. The van der Waals surface area contributed by atoms with Crippen LogP contribution < -0.4 is 0 Å². The van der Waals surface area contributed by atoms with Crippen LogP contribution in [0.5, 0.6) is 0 Å². The summed E-state index contributed by atoms with van der Waals surface area (Å²) in [5, 5.41) is 0. The average Bonchev–Trinajstić information content (AvgIpc) is 2.31. The van der Waals surface area contributed by atoms with Gasteiger partial charge in [-0.15, -0.1) is 32.9 Å². The maximum Gasteiger partial charge on any atom is 0.0823 e. The van der Waals surface area contributed by atoms with E-state index < -0.39 is 0 Å². The lowest BCUT2D eigenvalue weighted by molar-refractivity contribution is 0.116. The summed E-state index contributed by atoms with van der Waals surface area (Å²) in [6.45, 7) is 22.2. The summed E-state index contributed by atoms with van der Waals surface area (Å²) >= 11 is 0. The van der Waals surface area contributed by atoms with Crippen LogP contribution in [0.25, 0.3) is 0 Å². The lowest BCUT2D eigenvalue weighted by Gasteiger charge is -2.36. The van der Waals surface area contributed by atoms with Crippen molar-refractivity contribution in [2.24, 2.45) is 0 Å². The first-order valence-corrected chi connectivity index (χ1v) is 5.79. The number of hydrogen-bond acceptors (Lipinski definition) is 2. The predicted octanol–water partition coefficient (Wildman–Crippen LogP) is 2.85. The Balaban J connectivity index is 4.84. The van der Waals surface area contributed by atoms with Crippen molar-refractivity contribution in [2.45, 2.75) is 6.17 Å². The summed E-state index contributed by atoms with van der Waals surface area (Å²) in [5.74, 6) is 0. The van der Waals surface area contributed by atoms with Crippen molar-refractivity contribution in [3.63, 3.8) is 0 Å². The third kappa shape index (κ3) is 5.48. The van der Waals surface area contributed by atoms with Gasteiger partial charge in [0, 0.05) is 26.2 Å². The second kappa shape index (κ2) is 9.82. The summed E-state index contributed by atoms with van der Waals surface area (Å²) < 4.78 is 0. The zero-order valence-electron chi connectivity index (χ0n) is 10.7. The molecule has 0 bridgehead atoms. The van der Waals surface area contributed by atoms with Crippen molar-refractivity contribution in [1.29, 1.82) is 0 Å². The molecule has 0 saturated heterocycles. The monoisotopic (exact) mass is 232 g/mol. The molecule has 0 aromatic heterocycles. The van der Waals surface area contributed by atoms with E-state index in [1.807, 2.05) is 30.4 Å². The Hall–Kier alpha value is -1.38. The molecule has 0 atom stereocenters. The van der Waals surface area contributed by atoms with Gasteiger partial charge in [-0.3, -0.25) is 9.80 Å². The van der Waals surface area contributed by atoms with Crippen LogP contribution in [0.3, 0.4) is 0 Å². The van der Waals surface area contributed by atoms with E-state index in [1.54, 1.807) is 0 Å². The van der Waals surface area contributed by atoms with Crippen molar-refractivity contribution in [3.05, 3.63) is 63.3 Å². The van der Waals surface area contributed by atoms with Gasteiger partial charge in [-0.25, -0.2) is 0 Å². The first-order valence-electron chi connectivity index (χ1n) is 5.79. The van der Waals surface area contributed by atoms with E-state index >= 15 is 0 Å². The minimum Gasteiger partial charge on any atom is -0.277 e. The van der Waals surface area contributed by atoms with Gasteiger partial charge >= 0.3 is 0 Å². The summed E-state index contributed by atoms with van der Waals surface area (Å²) in [6, 6.07) is 0. The Morgan fingerprint density at radius 2 is 0.941 bits per heavy atom. The zero-order chi connectivity index (χ0) is 13.1. The van der Waals surface area contributed by atoms with Crippen LogP contribution in [0.4, 0.5) is 0 Å². The number of nitrogens with zero attached hydrogens (tertiary/aromatic N) is 2. The standard InChI is InChI=1S/C15H24N2/c1-6-11-16(12-7-2)15(10-5)17(13-8-3)14-9-4/h6-10,15H,1-5,11-14H2. The van der Waals surface area contributed by atoms with Crippen LogP contribution in [-0.2, 0) is 0 Å². The molecule has 0 spiro atoms. The van der Waals surface area contributed by atoms with Crippen LogP contribution in [0.2, 0.25) is 0 Å². The van der Waals surface area contributed by atoms with Gasteiger partial charge in [-0.2, -0.15) is 0 Å². The molecule has 0 amide bonds. The SMILES string of the molecule is C=CCN(CC=C)C(C=C)N(CC=C)CC=C. The molecule has 0 aliphatic rings. The molecule has 0 saturated carbocycles. The molecule has 0 fully saturated rings. The van der Waals surface area contributed by atoms with Crippen molar-refractivity contribution in [3.8, 4) is 0 Å². The number of hydrogen-bond donors (Lipinski definition) is 0. The highest BCUT2D eigenvalue weighted by Crippen LogP contribution is 2.08. The van der Waals surface area contributed by atoms with Gasteiger partial charge in [0.05, 0.1) is 6.17 Å². The molecule has 0 aromatic rings. The first-order chi connectivity index (χ1) is 8.24. The van der Waals surface area contributed by atoms with Crippen LogP contribution in [0, 0.1) is 0 Å². The van der Waals surface area contributed by atoms with Gasteiger partial charge in [0.25, 0.3) is 0 Å². The molecular formula is C15H24N2. The Labute approximate surface area is 106 Å². The first kappa shape index (κ1) is 15.6. The Morgan fingerprint density at radius 3 is 1.12 bits per heavy atom. The maximum atomic E-state index is 3.91.